The summed E-state index contributed by atoms with van der Waals surface area (Å²) in [5.74, 6) is -5.81. The third-order valence-electron chi connectivity index (χ3n) is 5.97. The number of hydrogen-bond acceptors (Lipinski definition) is 6. The van der Waals surface area contributed by atoms with Crippen LogP contribution in [-0.2, 0) is 19.1 Å². The van der Waals surface area contributed by atoms with E-state index in [1.165, 1.54) is 18.0 Å². The van der Waals surface area contributed by atoms with Crippen LogP contribution in [0.3, 0.4) is 0 Å². The predicted molar refractivity (Wildman–Crippen MR) is 138 cm³/mol. The summed E-state index contributed by atoms with van der Waals surface area (Å²) in [7, 11) is 1.46. The quantitative estimate of drug-likeness (QED) is 0.361. The van der Waals surface area contributed by atoms with Crippen LogP contribution in [0.4, 0.5) is 13.6 Å². The lowest BCUT2D eigenvalue weighted by Gasteiger charge is -2.36. The Balaban J connectivity index is 3.22. The van der Waals surface area contributed by atoms with Gasteiger partial charge in [0.05, 0.1) is 12.6 Å². The van der Waals surface area contributed by atoms with Gasteiger partial charge < -0.3 is 30.3 Å². The van der Waals surface area contributed by atoms with E-state index >= 15 is 0 Å². The first-order valence-electron chi connectivity index (χ1n) is 12.8. The van der Waals surface area contributed by atoms with Crippen molar-refractivity contribution in [1.29, 1.82) is 0 Å². The minimum absolute atomic E-state index is 0.165. The summed E-state index contributed by atoms with van der Waals surface area (Å²) >= 11 is 0. The number of aliphatic hydroxyl groups is 1. The molecule has 0 aromatic rings. The Morgan fingerprint density at radius 3 is 2.24 bits per heavy atom. The molecule has 4 atom stereocenters. The average Bonchev–Trinajstić information content (AvgIpc) is 3.09. The van der Waals surface area contributed by atoms with Gasteiger partial charge in [-0.3, -0.25) is 14.4 Å². The Bertz CT molecular complexity index is 884. The molecule has 4 amide bonds. The molecule has 38 heavy (non-hydrogen) atoms. The van der Waals surface area contributed by atoms with Crippen LogP contribution in [0.2, 0.25) is 0 Å². The van der Waals surface area contributed by atoms with Crippen LogP contribution >= 0.6 is 0 Å². The number of likely N-dealkylation sites (N-methyl/N-ethyl adjacent to an activating group) is 1. The number of likely N-dealkylation sites (tertiary alicyclic amines) is 1. The highest BCUT2D eigenvalue weighted by Gasteiger charge is 2.53. The fourth-order valence-corrected chi connectivity index (χ4v) is 4.10. The Kier molecular flexibility index (Phi) is 11.3. The van der Waals surface area contributed by atoms with Crippen molar-refractivity contribution in [2.24, 2.45) is 5.41 Å². The number of carbonyl (C=O) groups is 4. The molecule has 0 aromatic heterocycles. The van der Waals surface area contributed by atoms with Crippen molar-refractivity contribution in [1.82, 2.24) is 20.4 Å². The second kappa shape index (κ2) is 12.9. The molecule has 1 aliphatic rings. The fourth-order valence-electron chi connectivity index (χ4n) is 4.10. The molecule has 1 saturated heterocycles. The maximum atomic E-state index is 14.6. The summed E-state index contributed by atoms with van der Waals surface area (Å²) in [5, 5.41) is 15.6. The predicted octanol–water partition coefficient (Wildman–Crippen LogP) is 2.45. The lowest BCUT2D eigenvalue weighted by Crippen LogP contribution is -2.59. The molecular weight excluding hydrogens is 502 g/mol. The van der Waals surface area contributed by atoms with Crippen molar-refractivity contribution in [3.05, 3.63) is 12.7 Å². The molecule has 0 saturated carbocycles. The first-order chi connectivity index (χ1) is 17.2. The molecule has 10 nitrogen and oxygen atoms in total. The van der Waals surface area contributed by atoms with Gasteiger partial charge in [0.25, 0.3) is 11.8 Å². The van der Waals surface area contributed by atoms with Gasteiger partial charge in [-0.1, -0.05) is 40.2 Å². The van der Waals surface area contributed by atoms with E-state index in [0.717, 1.165) is 4.90 Å². The summed E-state index contributed by atoms with van der Waals surface area (Å²) in [6.07, 6.45) is -1.30. The molecule has 218 valence electrons. The summed E-state index contributed by atoms with van der Waals surface area (Å²) in [5.41, 5.74) is -1.76. The van der Waals surface area contributed by atoms with Crippen LogP contribution in [-0.4, -0.2) is 94.6 Å². The molecule has 0 aliphatic carbocycles. The molecule has 0 aromatic carbocycles. The van der Waals surface area contributed by atoms with Crippen LogP contribution < -0.4 is 10.6 Å². The lowest BCUT2D eigenvalue weighted by molar-refractivity contribution is -0.144. The number of halogens is 2. The Hall–Kier alpha value is -2.76. The van der Waals surface area contributed by atoms with E-state index in [9.17, 15) is 33.1 Å². The van der Waals surface area contributed by atoms with Crippen molar-refractivity contribution in [2.45, 2.75) is 103 Å². The molecule has 1 rings (SSSR count). The van der Waals surface area contributed by atoms with E-state index < -0.39 is 77.9 Å². The monoisotopic (exact) mass is 546 g/mol. The normalized spacial score (nSPS) is 19.7. The molecule has 0 radical (unpaired) electrons. The molecule has 0 spiro atoms. The van der Waals surface area contributed by atoms with Gasteiger partial charge in [0, 0.05) is 20.0 Å². The number of amides is 4. The van der Waals surface area contributed by atoms with Gasteiger partial charge in [0.1, 0.15) is 17.7 Å². The number of nitrogens with zero attached hydrogens (tertiary/aromatic N) is 2. The number of rotatable bonds is 10. The number of alkyl halides is 2. The highest BCUT2D eigenvalue weighted by Crippen LogP contribution is 2.34. The summed E-state index contributed by atoms with van der Waals surface area (Å²) < 4.78 is 34.4. The summed E-state index contributed by atoms with van der Waals surface area (Å²) in [6, 6.07) is -3.90. The molecule has 3 N–H and O–H groups in total. The number of ether oxygens (including phenoxy) is 1. The zero-order chi connectivity index (χ0) is 29.6. The molecule has 2 unspecified atom stereocenters. The van der Waals surface area contributed by atoms with Gasteiger partial charge in [-0.2, -0.15) is 0 Å². The minimum Gasteiger partial charge on any atom is -0.444 e. The maximum absolute atomic E-state index is 14.6. The third-order valence-corrected chi connectivity index (χ3v) is 5.97. The molecule has 0 bridgehead atoms. The van der Waals surface area contributed by atoms with E-state index in [1.807, 2.05) is 0 Å². The minimum atomic E-state index is -3.36. The average molecular weight is 547 g/mol. The van der Waals surface area contributed by atoms with Crippen molar-refractivity contribution >= 4 is 23.8 Å². The van der Waals surface area contributed by atoms with Crippen LogP contribution in [0, 0.1) is 5.41 Å². The van der Waals surface area contributed by atoms with Crippen molar-refractivity contribution in [3.8, 4) is 0 Å². The summed E-state index contributed by atoms with van der Waals surface area (Å²) in [6.45, 7) is 14.3. The van der Waals surface area contributed by atoms with E-state index in [0.29, 0.717) is 6.42 Å². The molecule has 1 fully saturated rings. The first-order valence-corrected chi connectivity index (χ1v) is 12.8. The number of nitrogens with one attached hydrogen (secondary N) is 2. The lowest BCUT2D eigenvalue weighted by atomic mass is 9.85. The van der Waals surface area contributed by atoms with Gasteiger partial charge >= 0.3 is 6.09 Å². The maximum Gasteiger partial charge on any atom is 0.408 e. The van der Waals surface area contributed by atoms with E-state index in [4.69, 9.17) is 4.74 Å². The molecule has 1 aliphatic heterocycles. The first kappa shape index (κ1) is 33.3. The summed E-state index contributed by atoms with van der Waals surface area (Å²) in [4.78, 5) is 53.8. The van der Waals surface area contributed by atoms with Gasteiger partial charge in [-0.25, -0.2) is 13.6 Å². The van der Waals surface area contributed by atoms with Crippen LogP contribution in [0.5, 0.6) is 0 Å². The van der Waals surface area contributed by atoms with Gasteiger partial charge in [-0.05, 0) is 32.6 Å². The zero-order valence-electron chi connectivity index (χ0n) is 23.8. The fraction of sp³-hybridized carbons (Fsp3) is 0.769. The third kappa shape index (κ3) is 9.52. The standard InChI is InChI=1S/C26H44F2N4O6/c1-10-12-16(18(33)21(35)31(9)13-11-2)29-20(34)17-14-26(27,28)15-32(17)22(36)19(24(3,4)5)30-23(37)38-25(6,7)8/h11,16-19,33H,2,10,12-15H2,1,3-9H3,(H,29,34)(H,30,37)/t16?,17-,18?,19+/m0/s1. The van der Waals surface area contributed by atoms with Gasteiger partial charge in [-0.15, -0.1) is 6.58 Å². The van der Waals surface area contributed by atoms with Crippen molar-refractivity contribution in [3.63, 3.8) is 0 Å². The molecular formula is C26H44F2N4O6. The van der Waals surface area contributed by atoms with Crippen LogP contribution in [0.25, 0.3) is 0 Å². The highest BCUT2D eigenvalue weighted by molar-refractivity contribution is 5.93. The van der Waals surface area contributed by atoms with Crippen molar-refractivity contribution < 1.29 is 37.8 Å². The van der Waals surface area contributed by atoms with Gasteiger partial charge in [0.2, 0.25) is 11.8 Å². The van der Waals surface area contributed by atoms with Crippen LogP contribution in [0.1, 0.15) is 67.7 Å². The van der Waals surface area contributed by atoms with Gasteiger partial charge in [0.15, 0.2) is 6.10 Å². The largest absolute Gasteiger partial charge is 0.444 e. The topological polar surface area (TPSA) is 128 Å². The number of aliphatic hydroxyl groups excluding tert-OH is 1. The second-order valence-electron chi connectivity index (χ2n) is 11.8. The number of hydrogen-bond donors (Lipinski definition) is 3. The van der Waals surface area contributed by atoms with Crippen LogP contribution in [0.15, 0.2) is 12.7 Å². The Morgan fingerprint density at radius 1 is 1.18 bits per heavy atom. The SMILES string of the molecule is C=CCN(C)C(=O)C(O)C(CCC)NC(=O)[C@@H]1CC(F)(F)CN1C(=O)[C@@H](NC(=O)OC(C)(C)C)C(C)(C)C. The number of carbonyl (C=O) groups excluding carboxylic acids is 4. The van der Waals surface area contributed by atoms with E-state index in [-0.39, 0.29) is 13.0 Å². The number of alkyl carbamates (subject to hydrolysis) is 1. The second-order valence-corrected chi connectivity index (χ2v) is 11.8. The van der Waals surface area contributed by atoms with E-state index in [2.05, 4.69) is 17.2 Å². The van der Waals surface area contributed by atoms with E-state index in [1.54, 1.807) is 48.5 Å². The van der Waals surface area contributed by atoms with Crippen molar-refractivity contribution in [2.75, 3.05) is 20.1 Å². The molecule has 1 heterocycles. The molecule has 12 heteroatoms. The zero-order valence-corrected chi connectivity index (χ0v) is 23.8. The Labute approximate surface area is 224 Å². The Morgan fingerprint density at radius 2 is 1.76 bits per heavy atom. The smallest absolute Gasteiger partial charge is 0.408 e. The highest BCUT2D eigenvalue weighted by atomic mass is 19.3.